The summed E-state index contributed by atoms with van der Waals surface area (Å²) in [5, 5.41) is 0.0568. The first kappa shape index (κ1) is 15.3. The van der Waals surface area contributed by atoms with Crippen LogP contribution in [-0.2, 0) is 0 Å². The molecular weight excluding hydrogens is 302 g/mol. The number of ketones is 1. The molecule has 0 atom stereocenters. The molecule has 2 aromatic rings. The van der Waals surface area contributed by atoms with E-state index in [0.29, 0.717) is 5.75 Å². The summed E-state index contributed by atoms with van der Waals surface area (Å²) in [4.78, 5) is 12.3. The Morgan fingerprint density at radius 1 is 1.05 bits per heavy atom. The smallest absolute Gasteiger partial charge is 0.197 e. The van der Waals surface area contributed by atoms with Crippen molar-refractivity contribution in [3.05, 3.63) is 58.1 Å². The summed E-state index contributed by atoms with van der Waals surface area (Å²) in [6.07, 6.45) is 0. The van der Waals surface area contributed by atoms with Crippen LogP contribution in [0.15, 0.2) is 30.3 Å². The summed E-state index contributed by atoms with van der Waals surface area (Å²) >= 11 is 6.00. The molecular formula is C15H11ClF2O3. The second-order valence-electron chi connectivity index (χ2n) is 4.12. The van der Waals surface area contributed by atoms with Gasteiger partial charge in [-0.15, -0.1) is 0 Å². The van der Waals surface area contributed by atoms with E-state index >= 15 is 0 Å². The Morgan fingerprint density at radius 3 is 2.29 bits per heavy atom. The van der Waals surface area contributed by atoms with Crippen LogP contribution in [0.25, 0.3) is 0 Å². The highest BCUT2D eigenvalue weighted by atomic mass is 35.5. The Kier molecular flexibility index (Phi) is 4.43. The number of methoxy groups -OCH3 is 2. The molecule has 0 amide bonds. The number of rotatable bonds is 4. The first-order chi connectivity index (χ1) is 9.99. The Morgan fingerprint density at radius 2 is 1.67 bits per heavy atom. The molecule has 0 aromatic heterocycles. The minimum atomic E-state index is -1.21. The average Bonchev–Trinajstić information content (AvgIpc) is 2.49. The molecule has 110 valence electrons. The van der Waals surface area contributed by atoms with Gasteiger partial charge in [-0.1, -0.05) is 17.7 Å². The lowest BCUT2D eigenvalue weighted by atomic mass is 10.0. The molecule has 0 fully saturated rings. The Labute approximate surface area is 125 Å². The third-order valence-corrected chi connectivity index (χ3v) is 3.23. The highest BCUT2D eigenvalue weighted by Gasteiger charge is 2.21. The first-order valence-corrected chi connectivity index (χ1v) is 6.27. The van der Waals surface area contributed by atoms with Crippen molar-refractivity contribution in [1.82, 2.24) is 0 Å². The van der Waals surface area contributed by atoms with Crippen molar-refractivity contribution in [2.24, 2.45) is 0 Å². The van der Waals surface area contributed by atoms with Crippen molar-refractivity contribution >= 4 is 17.4 Å². The number of carbonyl (C=O) groups excluding carboxylic acids is 1. The first-order valence-electron chi connectivity index (χ1n) is 5.89. The molecule has 0 unspecified atom stereocenters. The van der Waals surface area contributed by atoms with Crippen molar-refractivity contribution in [1.29, 1.82) is 0 Å². The normalized spacial score (nSPS) is 10.3. The van der Waals surface area contributed by atoms with Crippen molar-refractivity contribution in [3.8, 4) is 11.5 Å². The minimum Gasteiger partial charge on any atom is -0.493 e. The van der Waals surface area contributed by atoms with Crippen LogP contribution in [0.1, 0.15) is 15.9 Å². The van der Waals surface area contributed by atoms with Gasteiger partial charge >= 0.3 is 0 Å². The van der Waals surface area contributed by atoms with Crippen molar-refractivity contribution in [2.75, 3.05) is 14.2 Å². The van der Waals surface area contributed by atoms with E-state index in [1.54, 1.807) is 0 Å². The van der Waals surface area contributed by atoms with E-state index < -0.39 is 23.0 Å². The molecule has 3 nitrogen and oxygen atoms in total. The monoisotopic (exact) mass is 312 g/mol. The van der Waals surface area contributed by atoms with Gasteiger partial charge in [-0.25, -0.2) is 8.78 Å². The number of hydrogen-bond acceptors (Lipinski definition) is 3. The van der Waals surface area contributed by atoms with Crippen molar-refractivity contribution in [2.45, 2.75) is 0 Å². The fourth-order valence-corrected chi connectivity index (χ4v) is 2.09. The van der Waals surface area contributed by atoms with Gasteiger partial charge in [0.25, 0.3) is 0 Å². The second-order valence-corrected chi connectivity index (χ2v) is 4.52. The third-order valence-electron chi connectivity index (χ3n) is 2.91. The average molecular weight is 313 g/mol. The Balaban J connectivity index is 2.56. The van der Waals surface area contributed by atoms with Crippen LogP contribution >= 0.6 is 11.6 Å². The van der Waals surface area contributed by atoms with Crippen LogP contribution in [0.2, 0.25) is 5.02 Å². The van der Waals surface area contributed by atoms with Crippen molar-refractivity contribution < 1.29 is 23.0 Å². The summed E-state index contributed by atoms with van der Waals surface area (Å²) in [5.74, 6) is -2.45. The molecule has 0 bridgehead atoms. The zero-order valence-corrected chi connectivity index (χ0v) is 12.0. The van der Waals surface area contributed by atoms with Gasteiger partial charge in [-0.2, -0.15) is 0 Å². The van der Waals surface area contributed by atoms with Crippen LogP contribution in [-0.4, -0.2) is 20.0 Å². The van der Waals surface area contributed by atoms with Crippen LogP contribution in [0.3, 0.4) is 0 Å². The fourth-order valence-electron chi connectivity index (χ4n) is 1.85. The molecule has 2 rings (SSSR count). The largest absolute Gasteiger partial charge is 0.493 e. The van der Waals surface area contributed by atoms with Gasteiger partial charge in [-0.05, 0) is 18.2 Å². The predicted molar refractivity (Wildman–Crippen MR) is 74.3 cm³/mol. The van der Waals surface area contributed by atoms with Crippen LogP contribution in [0.5, 0.6) is 11.5 Å². The number of carbonyl (C=O) groups is 1. The maximum Gasteiger partial charge on any atom is 0.197 e. The topological polar surface area (TPSA) is 35.5 Å². The summed E-state index contributed by atoms with van der Waals surface area (Å²) in [5.41, 5.74) is -0.400. The van der Waals surface area contributed by atoms with Gasteiger partial charge in [0.15, 0.2) is 28.9 Å². The molecule has 6 heteroatoms. The number of hydrogen-bond donors (Lipinski definition) is 0. The minimum absolute atomic E-state index is 0.00110. The molecule has 0 heterocycles. The zero-order valence-electron chi connectivity index (χ0n) is 11.2. The summed E-state index contributed by atoms with van der Waals surface area (Å²) in [6, 6.07) is 6.08. The van der Waals surface area contributed by atoms with Gasteiger partial charge in [0.05, 0.1) is 24.8 Å². The molecule has 0 saturated carbocycles. The van der Waals surface area contributed by atoms with Gasteiger partial charge < -0.3 is 9.47 Å². The van der Waals surface area contributed by atoms with E-state index in [1.165, 1.54) is 38.5 Å². The Hall–Kier alpha value is -2.14. The lowest BCUT2D eigenvalue weighted by molar-refractivity contribution is 0.103. The number of benzene rings is 2. The lowest BCUT2D eigenvalue weighted by Crippen LogP contribution is -2.07. The quantitative estimate of drug-likeness (QED) is 0.804. The van der Waals surface area contributed by atoms with Gasteiger partial charge in [0.1, 0.15) is 0 Å². The van der Waals surface area contributed by atoms with Gasteiger partial charge in [-0.3, -0.25) is 4.79 Å². The van der Waals surface area contributed by atoms with E-state index in [0.717, 1.165) is 6.07 Å². The molecule has 0 spiro atoms. The molecule has 0 aliphatic carbocycles. The van der Waals surface area contributed by atoms with Gasteiger partial charge in [0, 0.05) is 11.6 Å². The number of ether oxygens (including phenoxy) is 2. The highest BCUT2D eigenvalue weighted by Crippen LogP contribution is 2.34. The maximum atomic E-state index is 13.7. The summed E-state index contributed by atoms with van der Waals surface area (Å²) in [7, 11) is 2.81. The predicted octanol–water partition coefficient (Wildman–Crippen LogP) is 3.87. The maximum absolute atomic E-state index is 13.7. The molecule has 0 aliphatic rings. The third kappa shape index (κ3) is 2.83. The summed E-state index contributed by atoms with van der Waals surface area (Å²) < 4.78 is 37.0. The highest BCUT2D eigenvalue weighted by molar-refractivity contribution is 6.35. The standard InChI is InChI=1S/C15H11ClF2O3/c1-20-12-6-9(10(16)7-13(12)21-2)15(19)8-4-3-5-11(17)14(8)18/h3-7H,1-2H3. The molecule has 21 heavy (non-hydrogen) atoms. The zero-order chi connectivity index (χ0) is 15.6. The molecule has 0 aliphatic heterocycles. The van der Waals surface area contributed by atoms with Gasteiger partial charge in [0.2, 0.25) is 0 Å². The lowest BCUT2D eigenvalue weighted by Gasteiger charge is -2.11. The van der Waals surface area contributed by atoms with Crippen LogP contribution in [0.4, 0.5) is 8.78 Å². The second kappa shape index (κ2) is 6.10. The van der Waals surface area contributed by atoms with Crippen molar-refractivity contribution in [3.63, 3.8) is 0 Å². The van der Waals surface area contributed by atoms with Crippen LogP contribution in [0, 0.1) is 11.6 Å². The fraction of sp³-hybridized carbons (Fsp3) is 0.133. The molecule has 0 saturated heterocycles. The molecule has 0 N–H and O–H groups in total. The van der Waals surface area contributed by atoms with E-state index in [2.05, 4.69) is 0 Å². The molecule has 2 aromatic carbocycles. The van der Waals surface area contributed by atoms with E-state index in [4.69, 9.17) is 21.1 Å². The summed E-state index contributed by atoms with van der Waals surface area (Å²) in [6.45, 7) is 0. The van der Waals surface area contributed by atoms with E-state index in [-0.39, 0.29) is 16.3 Å². The Bertz CT molecular complexity index is 702. The van der Waals surface area contributed by atoms with E-state index in [1.807, 2.05) is 0 Å². The molecule has 0 radical (unpaired) electrons. The van der Waals surface area contributed by atoms with E-state index in [9.17, 15) is 13.6 Å². The SMILES string of the molecule is COc1cc(Cl)c(C(=O)c2cccc(F)c2F)cc1OC. The van der Waals surface area contributed by atoms with Crippen LogP contribution < -0.4 is 9.47 Å². The number of halogens is 3.